The summed E-state index contributed by atoms with van der Waals surface area (Å²) in [5, 5.41) is 9.65. The molecular weight excluding hydrogens is 208 g/mol. The van der Waals surface area contributed by atoms with Gasteiger partial charge in [0.1, 0.15) is 0 Å². The molecule has 0 spiro atoms. The van der Waals surface area contributed by atoms with Gasteiger partial charge < -0.3 is 5.11 Å². The average molecular weight is 240 g/mol. The molecule has 0 atom stereocenters. The average Bonchev–Trinajstić information content (AvgIpc) is 2.33. The van der Waals surface area contributed by atoms with Crippen LogP contribution in [0.25, 0.3) is 0 Å². The molecule has 0 fully saturated rings. The van der Waals surface area contributed by atoms with Crippen molar-refractivity contribution in [1.29, 1.82) is 0 Å². The van der Waals surface area contributed by atoms with Crippen LogP contribution < -0.4 is 0 Å². The summed E-state index contributed by atoms with van der Waals surface area (Å²) >= 11 is 0. The largest absolute Gasteiger partial charge is 0.513 e. The lowest BCUT2D eigenvalue weighted by atomic mass is 10.1. The molecule has 0 radical (unpaired) electrons. The van der Waals surface area contributed by atoms with Crippen molar-refractivity contribution in [2.75, 3.05) is 0 Å². The zero-order chi connectivity index (χ0) is 12.8. The van der Waals surface area contributed by atoms with Gasteiger partial charge in [0.2, 0.25) is 0 Å². The number of aliphatic hydroxyl groups is 1. The SMILES string of the molecule is CCCCCCCCC=C(O)CCCCCC. The van der Waals surface area contributed by atoms with Crippen molar-refractivity contribution >= 4 is 0 Å². The molecule has 1 nitrogen and oxygen atoms in total. The molecule has 0 aliphatic heterocycles. The third-order valence-electron chi connectivity index (χ3n) is 3.22. The van der Waals surface area contributed by atoms with E-state index in [1.807, 2.05) is 6.08 Å². The normalized spacial score (nSPS) is 12.0. The topological polar surface area (TPSA) is 20.2 Å². The maximum atomic E-state index is 9.65. The van der Waals surface area contributed by atoms with Crippen molar-refractivity contribution in [3.8, 4) is 0 Å². The number of allylic oxidation sites excluding steroid dienone is 2. The minimum absolute atomic E-state index is 0.620. The van der Waals surface area contributed by atoms with Crippen LogP contribution in [0.1, 0.15) is 90.9 Å². The molecular formula is C16H32O. The summed E-state index contributed by atoms with van der Waals surface area (Å²) in [4.78, 5) is 0. The van der Waals surface area contributed by atoms with Gasteiger partial charge >= 0.3 is 0 Å². The molecule has 0 aromatic carbocycles. The number of rotatable bonds is 12. The second-order valence-corrected chi connectivity index (χ2v) is 5.06. The molecule has 0 aromatic heterocycles. The van der Waals surface area contributed by atoms with Crippen molar-refractivity contribution in [3.63, 3.8) is 0 Å². The van der Waals surface area contributed by atoms with Gasteiger partial charge in [-0.15, -0.1) is 0 Å². The van der Waals surface area contributed by atoms with Crippen LogP contribution in [0, 0.1) is 0 Å². The smallest absolute Gasteiger partial charge is 0.0882 e. The number of unbranched alkanes of at least 4 members (excludes halogenated alkanes) is 9. The summed E-state index contributed by atoms with van der Waals surface area (Å²) < 4.78 is 0. The molecule has 1 N–H and O–H groups in total. The summed E-state index contributed by atoms with van der Waals surface area (Å²) in [5.41, 5.74) is 0. The Bertz CT molecular complexity index is 172. The third kappa shape index (κ3) is 13.5. The quantitative estimate of drug-likeness (QED) is 0.320. The number of aliphatic hydroxyl groups excluding tert-OH is 1. The maximum absolute atomic E-state index is 9.65. The first kappa shape index (κ1) is 16.5. The van der Waals surface area contributed by atoms with Crippen molar-refractivity contribution < 1.29 is 5.11 Å². The van der Waals surface area contributed by atoms with Crippen LogP contribution >= 0.6 is 0 Å². The van der Waals surface area contributed by atoms with E-state index in [9.17, 15) is 5.11 Å². The highest BCUT2D eigenvalue weighted by atomic mass is 16.3. The third-order valence-corrected chi connectivity index (χ3v) is 3.22. The van der Waals surface area contributed by atoms with Crippen molar-refractivity contribution in [2.45, 2.75) is 90.9 Å². The first-order valence-electron chi connectivity index (χ1n) is 7.69. The van der Waals surface area contributed by atoms with Gasteiger partial charge in [-0.2, -0.15) is 0 Å². The minimum Gasteiger partial charge on any atom is -0.513 e. The first-order valence-corrected chi connectivity index (χ1v) is 7.69. The van der Waals surface area contributed by atoms with E-state index in [-0.39, 0.29) is 0 Å². The molecule has 0 unspecified atom stereocenters. The Hall–Kier alpha value is -0.460. The number of hydrogen-bond donors (Lipinski definition) is 1. The zero-order valence-corrected chi connectivity index (χ0v) is 12.0. The Morgan fingerprint density at radius 2 is 1.29 bits per heavy atom. The Morgan fingerprint density at radius 3 is 1.94 bits per heavy atom. The monoisotopic (exact) mass is 240 g/mol. The molecule has 0 amide bonds. The van der Waals surface area contributed by atoms with Crippen molar-refractivity contribution in [2.24, 2.45) is 0 Å². The fraction of sp³-hybridized carbons (Fsp3) is 0.875. The van der Waals surface area contributed by atoms with E-state index in [4.69, 9.17) is 0 Å². The number of hydrogen-bond acceptors (Lipinski definition) is 1. The van der Waals surface area contributed by atoms with E-state index in [1.165, 1.54) is 57.8 Å². The van der Waals surface area contributed by atoms with Crippen molar-refractivity contribution in [3.05, 3.63) is 11.8 Å². The Balaban J connectivity index is 3.25. The zero-order valence-electron chi connectivity index (χ0n) is 12.0. The molecule has 0 rings (SSSR count). The summed E-state index contributed by atoms with van der Waals surface area (Å²) in [6, 6.07) is 0. The lowest BCUT2D eigenvalue weighted by Gasteiger charge is -2.01. The van der Waals surface area contributed by atoms with Gasteiger partial charge in [0.15, 0.2) is 0 Å². The molecule has 102 valence electrons. The fourth-order valence-electron chi connectivity index (χ4n) is 2.03. The maximum Gasteiger partial charge on any atom is 0.0882 e. The van der Waals surface area contributed by atoms with Gasteiger partial charge in [-0.25, -0.2) is 0 Å². The van der Waals surface area contributed by atoms with E-state index in [2.05, 4.69) is 13.8 Å². The predicted molar refractivity (Wildman–Crippen MR) is 77.5 cm³/mol. The van der Waals surface area contributed by atoms with Crippen LogP contribution in [-0.2, 0) is 0 Å². The molecule has 17 heavy (non-hydrogen) atoms. The summed E-state index contributed by atoms with van der Waals surface area (Å²) in [6.07, 6.45) is 16.9. The second-order valence-electron chi connectivity index (χ2n) is 5.06. The minimum atomic E-state index is 0.620. The second kappa shape index (κ2) is 13.6. The van der Waals surface area contributed by atoms with Crippen LogP contribution in [0.2, 0.25) is 0 Å². The van der Waals surface area contributed by atoms with E-state index < -0.39 is 0 Å². The summed E-state index contributed by atoms with van der Waals surface area (Å²) in [6.45, 7) is 4.47. The van der Waals surface area contributed by atoms with E-state index in [1.54, 1.807) is 0 Å². The lowest BCUT2D eigenvalue weighted by Crippen LogP contribution is -1.84. The molecule has 0 saturated carbocycles. The van der Waals surface area contributed by atoms with Gasteiger partial charge in [0.25, 0.3) is 0 Å². The van der Waals surface area contributed by atoms with Gasteiger partial charge in [-0.3, -0.25) is 0 Å². The van der Waals surface area contributed by atoms with E-state index in [0.29, 0.717) is 5.76 Å². The Labute approximate surface area is 108 Å². The Morgan fingerprint density at radius 1 is 0.765 bits per heavy atom. The lowest BCUT2D eigenvalue weighted by molar-refractivity contribution is 0.377. The van der Waals surface area contributed by atoms with Crippen LogP contribution in [0.3, 0.4) is 0 Å². The highest BCUT2D eigenvalue weighted by Crippen LogP contribution is 2.11. The molecule has 0 aromatic rings. The summed E-state index contributed by atoms with van der Waals surface area (Å²) in [7, 11) is 0. The van der Waals surface area contributed by atoms with Gasteiger partial charge in [-0.1, -0.05) is 65.2 Å². The Kier molecular flexibility index (Phi) is 13.2. The van der Waals surface area contributed by atoms with E-state index >= 15 is 0 Å². The van der Waals surface area contributed by atoms with Crippen LogP contribution in [0.4, 0.5) is 0 Å². The molecule has 1 heteroatoms. The van der Waals surface area contributed by atoms with Crippen LogP contribution in [0.5, 0.6) is 0 Å². The van der Waals surface area contributed by atoms with Gasteiger partial charge in [0, 0.05) is 6.42 Å². The predicted octanol–water partition coefficient (Wildman–Crippen LogP) is 6.15. The molecule has 0 bridgehead atoms. The first-order chi connectivity index (χ1) is 8.31. The fourth-order valence-corrected chi connectivity index (χ4v) is 2.03. The standard InChI is InChI=1S/C16H32O/c1-3-5-7-9-10-11-13-15-16(17)14-12-8-6-4-2/h15,17H,3-14H2,1-2H3. The molecule has 0 aliphatic rings. The highest BCUT2D eigenvalue weighted by Gasteiger charge is 1.94. The molecule has 0 saturated heterocycles. The molecule has 0 heterocycles. The summed E-state index contributed by atoms with van der Waals surface area (Å²) in [5.74, 6) is 0.620. The van der Waals surface area contributed by atoms with Crippen LogP contribution in [-0.4, -0.2) is 5.11 Å². The van der Waals surface area contributed by atoms with Crippen molar-refractivity contribution in [1.82, 2.24) is 0 Å². The van der Waals surface area contributed by atoms with E-state index in [0.717, 1.165) is 19.3 Å². The van der Waals surface area contributed by atoms with Gasteiger partial charge in [-0.05, 0) is 25.3 Å². The van der Waals surface area contributed by atoms with Gasteiger partial charge in [0.05, 0.1) is 5.76 Å². The van der Waals surface area contributed by atoms with Crippen LogP contribution in [0.15, 0.2) is 11.8 Å². The highest BCUT2D eigenvalue weighted by molar-refractivity contribution is 4.90. The molecule has 0 aliphatic carbocycles.